The van der Waals surface area contributed by atoms with Crippen LogP contribution < -0.4 is 20.3 Å². The number of nitrogens with zero attached hydrogens (tertiary/aromatic N) is 5. The van der Waals surface area contributed by atoms with Gasteiger partial charge in [-0.25, -0.2) is 9.97 Å². The second-order valence-corrected chi connectivity index (χ2v) is 11.2. The molecular weight excluding hydrogens is 498 g/mol. The number of piperazine rings is 1. The van der Waals surface area contributed by atoms with Gasteiger partial charge in [0.05, 0.1) is 40.5 Å². The van der Waals surface area contributed by atoms with E-state index in [4.69, 9.17) is 21.3 Å². The molecule has 0 unspecified atom stereocenters. The second-order valence-electron chi connectivity index (χ2n) is 10.8. The van der Waals surface area contributed by atoms with Crippen LogP contribution in [0.5, 0.6) is 5.75 Å². The van der Waals surface area contributed by atoms with Crippen molar-refractivity contribution in [2.45, 2.75) is 39.2 Å². The third-order valence-electron chi connectivity index (χ3n) is 7.55. The van der Waals surface area contributed by atoms with Gasteiger partial charge in [0, 0.05) is 62.0 Å². The number of aromatic nitrogens is 2. The Kier molecular flexibility index (Phi) is 7.08. The van der Waals surface area contributed by atoms with Gasteiger partial charge in [0.25, 0.3) is 0 Å². The van der Waals surface area contributed by atoms with Crippen molar-refractivity contribution in [2.75, 3.05) is 55.4 Å². The average Bonchev–Trinajstić information content (AvgIpc) is 3.23. The zero-order valence-electron chi connectivity index (χ0n) is 22.6. The highest BCUT2D eigenvalue weighted by Crippen LogP contribution is 2.41. The highest BCUT2D eigenvalue weighted by molar-refractivity contribution is 6.33. The lowest BCUT2D eigenvalue weighted by Crippen LogP contribution is -2.49. The molecule has 2 aliphatic heterocycles. The Bertz CT molecular complexity index is 1390. The molecule has 9 heteroatoms. The number of benzene rings is 2. The minimum atomic E-state index is -0.0711. The van der Waals surface area contributed by atoms with Crippen LogP contribution in [0.15, 0.2) is 36.5 Å². The Morgan fingerprint density at radius 3 is 2.61 bits per heavy atom. The van der Waals surface area contributed by atoms with Crippen LogP contribution in [0.1, 0.15) is 38.8 Å². The second kappa shape index (κ2) is 10.3. The predicted octanol–water partition coefficient (Wildman–Crippen LogP) is 5.65. The van der Waals surface area contributed by atoms with Gasteiger partial charge < -0.3 is 20.3 Å². The number of ether oxygens (including phenoxy) is 1. The first-order valence-electron chi connectivity index (χ1n) is 13.0. The normalized spacial score (nSPS) is 16.6. The summed E-state index contributed by atoms with van der Waals surface area (Å²) in [7, 11) is 1.65. The number of anilines is 4. The summed E-state index contributed by atoms with van der Waals surface area (Å²) in [4.78, 5) is 14.0. The first-order valence-corrected chi connectivity index (χ1v) is 13.4. The largest absolute Gasteiger partial charge is 0.494 e. The van der Waals surface area contributed by atoms with Crippen LogP contribution in [0.4, 0.5) is 23.0 Å². The highest BCUT2D eigenvalue weighted by atomic mass is 35.5. The molecule has 0 atom stereocenters. The summed E-state index contributed by atoms with van der Waals surface area (Å²) >= 11 is 6.77. The maximum Gasteiger partial charge on any atom is 0.227 e. The maximum atomic E-state index is 9.76. The Morgan fingerprint density at radius 1 is 1.16 bits per heavy atom. The van der Waals surface area contributed by atoms with Crippen molar-refractivity contribution in [1.82, 2.24) is 14.9 Å². The summed E-state index contributed by atoms with van der Waals surface area (Å²) in [6.45, 7) is 13.4. The van der Waals surface area contributed by atoms with E-state index in [-0.39, 0.29) is 5.41 Å². The zero-order chi connectivity index (χ0) is 27.0. The SMILES string of the molecule is COc1cc(N2CCN(C(C)C)CC2)c(Cl)cc1Nc1nccc(-c2cc(C#N)c3c(c2)C(C)(C)CN3)n1. The molecule has 0 aliphatic carbocycles. The van der Waals surface area contributed by atoms with Crippen molar-refractivity contribution in [1.29, 1.82) is 5.26 Å². The molecule has 0 radical (unpaired) electrons. The summed E-state index contributed by atoms with van der Waals surface area (Å²) in [5.74, 6) is 1.09. The first kappa shape index (κ1) is 26.1. The van der Waals surface area contributed by atoms with E-state index in [1.54, 1.807) is 13.3 Å². The van der Waals surface area contributed by atoms with Crippen LogP contribution in [0, 0.1) is 11.3 Å². The van der Waals surface area contributed by atoms with Crippen molar-refractivity contribution in [3.63, 3.8) is 0 Å². The Labute approximate surface area is 229 Å². The lowest BCUT2D eigenvalue weighted by molar-refractivity contribution is 0.209. The van der Waals surface area contributed by atoms with E-state index in [9.17, 15) is 5.26 Å². The van der Waals surface area contributed by atoms with Gasteiger partial charge in [-0.05, 0) is 43.7 Å². The number of hydrogen-bond donors (Lipinski definition) is 2. The monoisotopic (exact) mass is 531 g/mol. The minimum Gasteiger partial charge on any atom is -0.494 e. The number of rotatable bonds is 6. The van der Waals surface area contributed by atoms with E-state index < -0.39 is 0 Å². The molecule has 2 aromatic carbocycles. The van der Waals surface area contributed by atoms with Gasteiger partial charge in [-0.3, -0.25) is 4.90 Å². The van der Waals surface area contributed by atoms with Crippen LogP contribution in [0.25, 0.3) is 11.3 Å². The lowest BCUT2D eigenvalue weighted by Gasteiger charge is -2.38. The molecule has 3 aromatic rings. The molecule has 0 amide bonds. The van der Waals surface area contributed by atoms with Crippen molar-refractivity contribution >= 4 is 34.6 Å². The van der Waals surface area contributed by atoms with E-state index in [0.29, 0.717) is 34.0 Å². The summed E-state index contributed by atoms with van der Waals surface area (Å²) in [5, 5.41) is 17.1. The van der Waals surface area contributed by atoms with E-state index >= 15 is 0 Å². The van der Waals surface area contributed by atoms with E-state index in [1.807, 2.05) is 24.3 Å². The molecule has 198 valence electrons. The molecule has 1 fully saturated rings. The molecule has 8 nitrogen and oxygen atoms in total. The van der Waals surface area contributed by atoms with Crippen LogP contribution >= 0.6 is 11.6 Å². The average molecular weight is 532 g/mol. The van der Waals surface area contributed by atoms with Crippen molar-refractivity contribution < 1.29 is 4.74 Å². The van der Waals surface area contributed by atoms with Crippen molar-refractivity contribution in [3.05, 3.63) is 52.7 Å². The number of halogens is 1. The van der Waals surface area contributed by atoms with E-state index in [0.717, 1.165) is 60.9 Å². The quantitative estimate of drug-likeness (QED) is 0.421. The van der Waals surface area contributed by atoms with Gasteiger partial charge in [0.1, 0.15) is 11.8 Å². The minimum absolute atomic E-state index is 0.0711. The fourth-order valence-electron chi connectivity index (χ4n) is 5.24. The number of nitrogens with one attached hydrogen (secondary N) is 2. The molecule has 5 rings (SSSR count). The fraction of sp³-hybridized carbons (Fsp3) is 0.414. The molecule has 1 saturated heterocycles. The maximum absolute atomic E-state index is 9.76. The van der Waals surface area contributed by atoms with Crippen LogP contribution in [0.3, 0.4) is 0 Å². The van der Waals surface area contributed by atoms with Crippen LogP contribution in [0.2, 0.25) is 5.02 Å². The summed E-state index contributed by atoms with van der Waals surface area (Å²) in [6, 6.07) is 12.6. The van der Waals surface area contributed by atoms with Gasteiger partial charge in [-0.1, -0.05) is 25.4 Å². The molecule has 2 N–H and O–H groups in total. The van der Waals surface area contributed by atoms with Crippen molar-refractivity contribution in [3.8, 4) is 23.1 Å². The summed E-state index contributed by atoms with van der Waals surface area (Å²) < 4.78 is 5.73. The van der Waals surface area contributed by atoms with E-state index in [1.165, 1.54) is 0 Å². The third-order valence-corrected chi connectivity index (χ3v) is 7.85. The van der Waals surface area contributed by atoms with Gasteiger partial charge in [0.2, 0.25) is 5.95 Å². The standard InChI is InChI=1S/C29H34ClN7O/c1-18(2)36-8-10-37(11-9-36)25-15-26(38-5)24(14-22(25)30)35-28-32-7-6-23(34-28)19-12-20(16-31)27-21(13-19)29(3,4)17-33-27/h6-7,12-15,18,33H,8-11,17H2,1-5H3,(H,32,34,35). The third kappa shape index (κ3) is 4.96. The number of fused-ring (bicyclic) bond motifs is 1. The Morgan fingerprint density at radius 2 is 1.92 bits per heavy atom. The molecule has 3 heterocycles. The summed E-state index contributed by atoms with van der Waals surface area (Å²) in [6.07, 6.45) is 1.71. The molecule has 38 heavy (non-hydrogen) atoms. The highest BCUT2D eigenvalue weighted by Gasteiger charge is 2.32. The number of hydrogen-bond acceptors (Lipinski definition) is 8. The van der Waals surface area contributed by atoms with Gasteiger partial charge in [0.15, 0.2) is 0 Å². The molecular formula is C29H34ClN7O. The molecule has 0 bridgehead atoms. The molecule has 0 spiro atoms. The molecule has 2 aliphatic rings. The molecule has 1 aromatic heterocycles. The number of methoxy groups -OCH3 is 1. The smallest absolute Gasteiger partial charge is 0.227 e. The van der Waals surface area contributed by atoms with Crippen LogP contribution in [-0.2, 0) is 5.41 Å². The Balaban J connectivity index is 1.42. The Hall–Kier alpha value is -3.54. The van der Waals surface area contributed by atoms with Gasteiger partial charge in [-0.2, -0.15) is 5.26 Å². The predicted molar refractivity (Wildman–Crippen MR) is 154 cm³/mol. The first-order chi connectivity index (χ1) is 18.2. The van der Waals surface area contributed by atoms with Crippen molar-refractivity contribution in [2.24, 2.45) is 0 Å². The zero-order valence-corrected chi connectivity index (χ0v) is 23.4. The molecule has 0 saturated carbocycles. The number of nitriles is 1. The summed E-state index contributed by atoms with van der Waals surface area (Å²) in [5.41, 5.74) is 5.85. The lowest BCUT2D eigenvalue weighted by atomic mass is 9.85. The van der Waals surface area contributed by atoms with Gasteiger partial charge >= 0.3 is 0 Å². The van der Waals surface area contributed by atoms with Crippen LogP contribution in [-0.4, -0.2) is 60.7 Å². The van der Waals surface area contributed by atoms with Gasteiger partial charge in [-0.15, -0.1) is 0 Å². The van der Waals surface area contributed by atoms with E-state index in [2.05, 4.69) is 65.2 Å². The topological polar surface area (TPSA) is 89.3 Å². The fourth-order valence-corrected chi connectivity index (χ4v) is 5.52.